The molecule has 1 heterocycles. The standard InChI is InChI=1S/C17H19F2N3O3/c1-10-14(11(2)22(21-10)17(18)19)9-15(23)20-7-6-12-4-3-5-13(8-12)16(24)25/h3-5,8,17H,6-7,9H2,1-2H3,(H,20,23)(H,24,25). The Hall–Kier alpha value is -2.77. The minimum absolute atomic E-state index is 0.0282. The van der Waals surface area contributed by atoms with E-state index in [1.54, 1.807) is 25.1 Å². The number of carboxylic acids is 1. The molecule has 134 valence electrons. The normalized spacial score (nSPS) is 10.9. The third kappa shape index (κ3) is 4.62. The SMILES string of the molecule is Cc1nn(C(F)F)c(C)c1CC(=O)NCCc1cccc(C(=O)O)c1. The van der Waals surface area contributed by atoms with Crippen molar-refractivity contribution in [2.45, 2.75) is 33.2 Å². The maximum absolute atomic E-state index is 12.8. The summed E-state index contributed by atoms with van der Waals surface area (Å²) in [5.74, 6) is -1.30. The molecule has 6 nitrogen and oxygen atoms in total. The van der Waals surface area contributed by atoms with Gasteiger partial charge in [0, 0.05) is 17.8 Å². The highest BCUT2D eigenvalue weighted by molar-refractivity contribution is 5.87. The fourth-order valence-electron chi connectivity index (χ4n) is 2.57. The summed E-state index contributed by atoms with van der Waals surface area (Å²) in [5, 5.41) is 15.4. The third-order valence-electron chi connectivity index (χ3n) is 3.91. The number of amides is 1. The Labute approximate surface area is 143 Å². The Morgan fingerprint density at radius 1 is 1.32 bits per heavy atom. The molecular weight excluding hydrogens is 332 g/mol. The van der Waals surface area contributed by atoms with Gasteiger partial charge in [-0.3, -0.25) is 4.79 Å². The van der Waals surface area contributed by atoms with Crippen molar-refractivity contribution in [1.29, 1.82) is 0 Å². The lowest BCUT2D eigenvalue weighted by Crippen LogP contribution is -2.27. The van der Waals surface area contributed by atoms with Crippen LogP contribution in [0.3, 0.4) is 0 Å². The molecule has 0 spiro atoms. The number of hydrogen-bond donors (Lipinski definition) is 2. The summed E-state index contributed by atoms with van der Waals surface area (Å²) >= 11 is 0. The van der Waals surface area contributed by atoms with Crippen LogP contribution in [0.15, 0.2) is 24.3 Å². The van der Waals surface area contributed by atoms with Gasteiger partial charge in [-0.2, -0.15) is 13.9 Å². The average Bonchev–Trinajstić information content (AvgIpc) is 2.83. The highest BCUT2D eigenvalue weighted by Crippen LogP contribution is 2.19. The Kier molecular flexibility index (Phi) is 5.84. The first-order valence-corrected chi connectivity index (χ1v) is 7.71. The van der Waals surface area contributed by atoms with Crippen LogP contribution in [-0.4, -0.2) is 33.3 Å². The average molecular weight is 351 g/mol. The van der Waals surface area contributed by atoms with Crippen LogP contribution in [0.5, 0.6) is 0 Å². The summed E-state index contributed by atoms with van der Waals surface area (Å²) < 4.78 is 26.2. The number of nitrogens with zero attached hydrogens (tertiary/aromatic N) is 2. The summed E-state index contributed by atoms with van der Waals surface area (Å²) in [6, 6.07) is 6.47. The summed E-state index contributed by atoms with van der Waals surface area (Å²) in [5.41, 5.74) is 2.15. The van der Waals surface area contributed by atoms with Crippen molar-refractivity contribution < 1.29 is 23.5 Å². The van der Waals surface area contributed by atoms with Crippen LogP contribution >= 0.6 is 0 Å². The van der Waals surface area contributed by atoms with Gasteiger partial charge in [0.1, 0.15) is 0 Å². The molecule has 0 aliphatic carbocycles. The molecule has 0 fully saturated rings. The fourth-order valence-corrected chi connectivity index (χ4v) is 2.57. The zero-order chi connectivity index (χ0) is 18.6. The van der Waals surface area contributed by atoms with E-state index in [0.717, 1.165) is 5.56 Å². The van der Waals surface area contributed by atoms with E-state index in [1.165, 1.54) is 13.0 Å². The number of hydrogen-bond acceptors (Lipinski definition) is 3. The first kappa shape index (κ1) is 18.6. The lowest BCUT2D eigenvalue weighted by molar-refractivity contribution is -0.120. The Morgan fingerprint density at radius 2 is 2.04 bits per heavy atom. The van der Waals surface area contributed by atoms with Gasteiger partial charge in [-0.05, 0) is 38.0 Å². The molecule has 2 aromatic rings. The molecule has 0 atom stereocenters. The van der Waals surface area contributed by atoms with Gasteiger partial charge in [-0.1, -0.05) is 12.1 Å². The number of benzene rings is 1. The Balaban J connectivity index is 1.91. The molecule has 1 aromatic carbocycles. The molecule has 0 unspecified atom stereocenters. The molecule has 0 bridgehead atoms. The van der Waals surface area contributed by atoms with Crippen molar-refractivity contribution in [3.63, 3.8) is 0 Å². The monoisotopic (exact) mass is 351 g/mol. The van der Waals surface area contributed by atoms with Crippen molar-refractivity contribution in [2.24, 2.45) is 0 Å². The van der Waals surface area contributed by atoms with Gasteiger partial charge >= 0.3 is 12.5 Å². The van der Waals surface area contributed by atoms with Gasteiger partial charge in [0.2, 0.25) is 5.91 Å². The summed E-state index contributed by atoms with van der Waals surface area (Å²) in [7, 11) is 0. The van der Waals surface area contributed by atoms with Gasteiger partial charge in [0.25, 0.3) is 0 Å². The van der Waals surface area contributed by atoms with Gasteiger partial charge in [0.05, 0.1) is 17.7 Å². The van der Waals surface area contributed by atoms with Gasteiger partial charge in [-0.25, -0.2) is 9.48 Å². The molecule has 1 amide bonds. The van der Waals surface area contributed by atoms with E-state index in [1.807, 2.05) is 0 Å². The zero-order valence-electron chi connectivity index (χ0n) is 13.9. The first-order chi connectivity index (χ1) is 11.8. The van der Waals surface area contributed by atoms with Gasteiger partial charge in [0.15, 0.2) is 0 Å². The van der Waals surface area contributed by atoms with Crippen LogP contribution in [-0.2, 0) is 17.6 Å². The predicted molar refractivity (Wildman–Crippen MR) is 86.8 cm³/mol. The molecule has 1 aromatic heterocycles. The lowest BCUT2D eigenvalue weighted by atomic mass is 10.1. The highest BCUT2D eigenvalue weighted by atomic mass is 19.3. The molecule has 0 saturated carbocycles. The summed E-state index contributed by atoms with van der Waals surface area (Å²) in [4.78, 5) is 23.0. The van der Waals surface area contributed by atoms with Crippen molar-refractivity contribution in [1.82, 2.24) is 15.1 Å². The van der Waals surface area contributed by atoms with Crippen LogP contribution in [0.2, 0.25) is 0 Å². The smallest absolute Gasteiger partial charge is 0.335 e. The van der Waals surface area contributed by atoms with Crippen molar-refractivity contribution >= 4 is 11.9 Å². The van der Waals surface area contributed by atoms with Crippen LogP contribution in [0.1, 0.15) is 39.4 Å². The van der Waals surface area contributed by atoms with Crippen molar-refractivity contribution in [2.75, 3.05) is 6.54 Å². The van der Waals surface area contributed by atoms with E-state index in [9.17, 15) is 18.4 Å². The summed E-state index contributed by atoms with van der Waals surface area (Å²) in [6.07, 6.45) is 0.445. The van der Waals surface area contributed by atoms with E-state index in [2.05, 4.69) is 10.4 Å². The van der Waals surface area contributed by atoms with Crippen molar-refractivity contribution in [3.05, 3.63) is 52.3 Å². The zero-order valence-corrected chi connectivity index (χ0v) is 13.9. The van der Waals surface area contributed by atoms with E-state index in [0.29, 0.717) is 28.9 Å². The Morgan fingerprint density at radius 3 is 2.64 bits per heavy atom. The molecule has 0 aliphatic heterocycles. The number of rotatable bonds is 7. The number of aromatic nitrogens is 2. The van der Waals surface area contributed by atoms with E-state index in [-0.39, 0.29) is 23.6 Å². The minimum Gasteiger partial charge on any atom is -0.478 e. The van der Waals surface area contributed by atoms with Crippen LogP contribution in [0.25, 0.3) is 0 Å². The number of nitrogens with one attached hydrogen (secondary N) is 1. The highest BCUT2D eigenvalue weighted by Gasteiger charge is 2.19. The third-order valence-corrected chi connectivity index (χ3v) is 3.91. The topological polar surface area (TPSA) is 84.2 Å². The largest absolute Gasteiger partial charge is 0.478 e. The Bertz CT molecular complexity index is 787. The number of aryl methyl sites for hydroxylation is 1. The van der Waals surface area contributed by atoms with E-state index >= 15 is 0 Å². The lowest BCUT2D eigenvalue weighted by Gasteiger charge is -2.07. The number of carbonyl (C=O) groups is 2. The summed E-state index contributed by atoms with van der Waals surface area (Å²) in [6.45, 7) is 0.679. The molecule has 0 saturated heterocycles. The maximum Gasteiger partial charge on any atom is 0.335 e. The van der Waals surface area contributed by atoms with E-state index in [4.69, 9.17) is 5.11 Å². The number of aromatic carboxylic acids is 1. The number of halogens is 2. The molecule has 2 rings (SSSR count). The molecular formula is C17H19F2N3O3. The van der Waals surface area contributed by atoms with Crippen molar-refractivity contribution in [3.8, 4) is 0 Å². The molecule has 2 N–H and O–H groups in total. The molecule has 0 aliphatic rings. The number of alkyl halides is 2. The van der Waals surface area contributed by atoms with Gasteiger partial charge in [-0.15, -0.1) is 0 Å². The maximum atomic E-state index is 12.8. The van der Waals surface area contributed by atoms with Gasteiger partial charge < -0.3 is 10.4 Å². The second-order valence-corrected chi connectivity index (χ2v) is 5.65. The quantitative estimate of drug-likeness (QED) is 0.803. The minimum atomic E-state index is -2.74. The molecule has 0 radical (unpaired) electrons. The van der Waals surface area contributed by atoms with Crippen LogP contribution in [0, 0.1) is 13.8 Å². The van der Waals surface area contributed by atoms with E-state index < -0.39 is 12.5 Å². The number of carbonyl (C=O) groups excluding carboxylic acids is 1. The first-order valence-electron chi connectivity index (χ1n) is 7.71. The predicted octanol–water partition coefficient (Wildman–Crippen LogP) is 2.49. The molecule has 8 heteroatoms. The fraction of sp³-hybridized carbons (Fsp3) is 0.353. The second-order valence-electron chi connectivity index (χ2n) is 5.65. The van der Waals surface area contributed by atoms with Crippen LogP contribution < -0.4 is 5.32 Å². The number of carboxylic acid groups (broad SMARTS) is 1. The molecule has 25 heavy (non-hydrogen) atoms. The second kappa shape index (κ2) is 7.87. The van der Waals surface area contributed by atoms with Crippen LogP contribution in [0.4, 0.5) is 8.78 Å².